The predicted molar refractivity (Wildman–Crippen MR) is 166 cm³/mol. The maximum absolute atomic E-state index is 15.1. The summed E-state index contributed by atoms with van der Waals surface area (Å²) < 4.78 is 87.2. The number of ketones is 2. The molecular weight excluding hydrogens is 640 g/mol. The van der Waals surface area contributed by atoms with E-state index in [1.54, 1.807) is 24.3 Å². The summed E-state index contributed by atoms with van der Waals surface area (Å²) >= 11 is 0. The van der Waals surface area contributed by atoms with E-state index >= 15 is 13.2 Å². The van der Waals surface area contributed by atoms with Crippen LogP contribution in [0.3, 0.4) is 0 Å². The Bertz CT molecular complexity index is 1710. The fourth-order valence-electron chi connectivity index (χ4n) is 5.66. The number of amides is 1. The highest BCUT2D eigenvalue weighted by molar-refractivity contribution is 7.89. The second-order valence-corrected chi connectivity index (χ2v) is 14.0. The average molecular weight is 677 g/mol. The Hall–Kier alpha value is -4.01. The maximum Gasteiger partial charge on any atom is 0.413 e. The first-order valence-electron chi connectivity index (χ1n) is 14.9. The molecule has 2 N–H and O–H groups in total. The lowest BCUT2D eigenvalue weighted by Crippen LogP contribution is -2.57. The summed E-state index contributed by atoms with van der Waals surface area (Å²) in [5.41, 5.74) is 5.07. The summed E-state index contributed by atoms with van der Waals surface area (Å²) in [6, 6.07) is 9.70. The molecule has 1 aliphatic rings. The van der Waals surface area contributed by atoms with Crippen LogP contribution in [0.2, 0.25) is 0 Å². The topological polar surface area (TPSA) is 131 Å². The van der Waals surface area contributed by atoms with Crippen LogP contribution in [0.15, 0.2) is 78.0 Å². The molecule has 1 saturated heterocycles. The van der Waals surface area contributed by atoms with Crippen molar-refractivity contribution in [2.45, 2.75) is 75.0 Å². The minimum Gasteiger partial charge on any atom is -0.320 e. The lowest BCUT2D eigenvalue weighted by atomic mass is 9.93. The summed E-state index contributed by atoms with van der Waals surface area (Å²) in [6.07, 6.45) is -4.86. The first-order chi connectivity index (χ1) is 21.9. The van der Waals surface area contributed by atoms with E-state index in [-0.39, 0.29) is 35.8 Å². The van der Waals surface area contributed by atoms with Crippen LogP contribution in [-0.4, -0.2) is 77.1 Å². The number of carbonyl (C=O) groups excluding carboxylic acids is 3. The van der Waals surface area contributed by atoms with Gasteiger partial charge in [0.25, 0.3) is 10.0 Å². The largest absolute Gasteiger partial charge is 0.413 e. The molecule has 3 atom stereocenters. The summed E-state index contributed by atoms with van der Waals surface area (Å²) in [5.74, 6) is -2.44. The Morgan fingerprint density at radius 2 is 1.70 bits per heavy atom. The standard InChI is InChI=1S/C33H36F4N4O5S/c1-21(42)24-8-6-9-25(18-24)22-12-14-23(15-13-22)30(33(35,36)37)41(31(44)26(38)19-32(2,3)34)27-10-7-17-40(20-28(27)43)47(45,46)29-11-4-5-16-39-29/h4-6,8-9,11-16,18,26-27,30H,7,10,17,19-20,38H2,1-3H3/t26-,27?,30-/m0/s1. The van der Waals surface area contributed by atoms with Gasteiger partial charge in [-0.15, -0.1) is 0 Å². The zero-order valence-corrected chi connectivity index (χ0v) is 26.9. The van der Waals surface area contributed by atoms with Crippen molar-refractivity contribution < 1.29 is 40.4 Å². The van der Waals surface area contributed by atoms with Crippen LogP contribution in [-0.2, 0) is 19.6 Å². The van der Waals surface area contributed by atoms with Crippen LogP contribution in [0.5, 0.6) is 0 Å². The van der Waals surface area contributed by atoms with Crippen molar-refractivity contribution in [1.82, 2.24) is 14.2 Å². The van der Waals surface area contributed by atoms with Gasteiger partial charge in [0.15, 0.2) is 22.6 Å². The normalized spacial score (nSPS) is 17.9. The molecule has 1 unspecified atom stereocenters. The second-order valence-electron chi connectivity index (χ2n) is 12.1. The molecule has 47 heavy (non-hydrogen) atoms. The van der Waals surface area contributed by atoms with Crippen molar-refractivity contribution in [3.05, 3.63) is 84.1 Å². The smallest absolute Gasteiger partial charge is 0.320 e. The first-order valence-corrected chi connectivity index (χ1v) is 16.3. The number of aromatic nitrogens is 1. The van der Waals surface area contributed by atoms with Gasteiger partial charge < -0.3 is 10.6 Å². The third kappa shape index (κ3) is 8.48. The van der Waals surface area contributed by atoms with Crippen LogP contribution in [0.4, 0.5) is 17.6 Å². The second kappa shape index (κ2) is 14.0. The van der Waals surface area contributed by atoms with Crippen LogP contribution < -0.4 is 5.73 Å². The fraction of sp³-hybridized carbons (Fsp3) is 0.394. The number of hydrogen-bond acceptors (Lipinski definition) is 7. The molecule has 2 aromatic carbocycles. The average Bonchev–Trinajstić information content (AvgIpc) is 3.20. The van der Waals surface area contributed by atoms with Crippen LogP contribution in [0, 0.1) is 0 Å². The molecule has 9 nitrogen and oxygen atoms in total. The highest BCUT2D eigenvalue weighted by Crippen LogP contribution is 2.41. The zero-order chi connectivity index (χ0) is 34.7. The van der Waals surface area contributed by atoms with Crippen LogP contribution >= 0.6 is 0 Å². The van der Waals surface area contributed by atoms with Crippen molar-refractivity contribution in [2.24, 2.45) is 5.73 Å². The first kappa shape index (κ1) is 35.8. The van der Waals surface area contributed by atoms with E-state index in [9.17, 15) is 27.2 Å². The number of nitrogens with zero attached hydrogens (tertiary/aromatic N) is 3. The van der Waals surface area contributed by atoms with Gasteiger partial charge in [-0.05, 0) is 68.5 Å². The maximum atomic E-state index is 15.1. The fourth-order valence-corrected chi connectivity index (χ4v) is 7.03. The minimum absolute atomic E-state index is 0.0634. The quantitative estimate of drug-likeness (QED) is 0.229. The monoisotopic (exact) mass is 676 g/mol. The Kier molecular flexibility index (Phi) is 10.7. The highest BCUT2D eigenvalue weighted by atomic mass is 32.2. The number of pyridine rings is 1. The lowest BCUT2D eigenvalue weighted by Gasteiger charge is -2.40. The van der Waals surface area contributed by atoms with E-state index in [1.165, 1.54) is 43.5 Å². The van der Waals surface area contributed by atoms with Gasteiger partial charge in [0.1, 0.15) is 5.67 Å². The van der Waals surface area contributed by atoms with Gasteiger partial charge in [-0.2, -0.15) is 17.5 Å². The molecule has 0 bridgehead atoms. The van der Waals surface area contributed by atoms with Gasteiger partial charge in [0.05, 0.1) is 18.6 Å². The number of hydrogen-bond donors (Lipinski definition) is 1. The van der Waals surface area contributed by atoms with E-state index in [0.29, 0.717) is 21.6 Å². The SMILES string of the molecule is CC(=O)c1cccc(-c2ccc([C@H](N(C(=O)[C@@H](N)CC(C)(C)F)C3CCCN(S(=O)(=O)c4ccccn4)CC3=O)C(F)(F)F)cc2)c1. The number of Topliss-reactive ketones (excluding diaryl/α,β-unsaturated/α-hetero) is 2. The van der Waals surface area contributed by atoms with E-state index in [4.69, 9.17) is 5.73 Å². The molecule has 0 radical (unpaired) electrons. The molecular formula is C33H36F4N4O5S. The molecule has 0 aliphatic carbocycles. The highest BCUT2D eigenvalue weighted by Gasteiger charge is 2.52. The Balaban J connectivity index is 1.77. The molecule has 1 amide bonds. The van der Waals surface area contributed by atoms with Crippen LogP contribution in [0.1, 0.15) is 62.0 Å². The predicted octanol–water partition coefficient (Wildman–Crippen LogP) is 5.27. The molecule has 1 aromatic heterocycles. The number of rotatable bonds is 10. The van der Waals surface area contributed by atoms with Crippen molar-refractivity contribution in [3.63, 3.8) is 0 Å². The minimum atomic E-state index is -5.12. The van der Waals surface area contributed by atoms with Gasteiger partial charge in [0, 0.05) is 24.7 Å². The molecule has 4 rings (SSSR count). The third-order valence-electron chi connectivity index (χ3n) is 7.86. The van der Waals surface area contributed by atoms with Crippen molar-refractivity contribution in [1.29, 1.82) is 0 Å². The Morgan fingerprint density at radius 3 is 2.28 bits per heavy atom. The Morgan fingerprint density at radius 1 is 1.02 bits per heavy atom. The van der Waals surface area contributed by atoms with Crippen molar-refractivity contribution in [3.8, 4) is 11.1 Å². The molecule has 1 fully saturated rings. The molecule has 3 aromatic rings. The number of alkyl halides is 4. The van der Waals surface area contributed by atoms with Gasteiger partial charge in [-0.3, -0.25) is 14.4 Å². The summed E-state index contributed by atoms with van der Waals surface area (Å²) in [6.45, 7) is 2.62. The van der Waals surface area contributed by atoms with E-state index in [0.717, 1.165) is 30.3 Å². The van der Waals surface area contributed by atoms with Gasteiger partial charge >= 0.3 is 6.18 Å². The van der Waals surface area contributed by atoms with Crippen molar-refractivity contribution in [2.75, 3.05) is 13.1 Å². The number of benzene rings is 2. The molecule has 14 heteroatoms. The van der Waals surface area contributed by atoms with E-state index < -0.39 is 64.6 Å². The summed E-state index contributed by atoms with van der Waals surface area (Å²) in [5, 5.41) is -0.339. The molecule has 1 aliphatic heterocycles. The van der Waals surface area contributed by atoms with Gasteiger partial charge in [-0.1, -0.05) is 48.5 Å². The molecule has 0 spiro atoms. The summed E-state index contributed by atoms with van der Waals surface area (Å²) in [7, 11) is -4.29. The number of halogens is 4. The van der Waals surface area contributed by atoms with Crippen LogP contribution in [0.25, 0.3) is 11.1 Å². The summed E-state index contributed by atoms with van der Waals surface area (Å²) in [4.78, 5) is 43.6. The molecule has 252 valence electrons. The van der Waals surface area contributed by atoms with Gasteiger partial charge in [0.2, 0.25) is 5.91 Å². The Labute approximate surface area is 270 Å². The number of sulfonamides is 1. The van der Waals surface area contributed by atoms with Gasteiger partial charge in [-0.25, -0.2) is 17.8 Å². The number of carbonyl (C=O) groups is 3. The lowest BCUT2D eigenvalue weighted by molar-refractivity contribution is -0.199. The van der Waals surface area contributed by atoms with E-state index in [1.807, 2.05) is 0 Å². The van der Waals surface area contributed by atoms with E-state index in [2.05, 4.69) is 4.98 Å². The molecule has 2 heterocycles. The number of nitrogens with two attached hydrogens (primary N) is 1. The molecule has 0 saturated carbocycles. The zero-order valence-electron chi connectivity index (χ0n) is 26.1. The van der Waals surface area contributed by atoms with Crippen molar-refractivity contribution >= 4 is 27.5 Å². The third-order valence-corrected chi connectivity index (χ3v) is 9.62.